The first-order valence-electron chi connectivity index (χ1n) is 21.0. The van der Waals surface area contributed by atoms with Crippen molar-refractivity contribution < 1.29 is 21.1 Å². The Bertz CT molecular complexity index is 1870. The van der Waals surface area contributed by atoms with Crippen LogP contribution in [0.15, 0.2) is 133 Å². The summed E-state index contributed by atoms with van der Waals surface area (Å²) < 4.78 is 0. The molecule has 0 radical (unpaired) electrons. The van der Waals surface area contributed by atoms with E-state index in [1.165, 1.54) is 99.8 Å². The predicted octanol–water partition coefficient (Wildman–Crippen LogP) is 20.0. The summed E-state index contributed by atoms with van der Waals surface area (Å²) in [4.78, 5) is 0. The molecule has 7 aromatic carbocycles. The van der Waals surface area contributed by atoms with Crippen LogP contribution in [-0.2, 0) is 21.1 Å². The van der Waals surface area contributed by atoms with Gasteiger partial charge in [-0.2, -0.15) is 0 Å². The van der Waals surface area contributed by atoms with E-state index < -0.39 is 0 Å². The van der Waals surface area contributed by atoms with Crippen LogP contribution in [-0.4, -0.2) is 0 Å². The zero-order valence-electron chi connectivity index (χ0n) is 42.1. The van der Waals surface area contributed by atoms with E-state index in [1.54, 1.807) is 0 Å². The molecule has 0 aromatic heterocycles. The molecule has 0 saturated carbocycles. The molecule has 7 aromatic rings. The molecule has 7 rings (SSSR count). The number of aryl methyl sites for hydroxylation is 16. The molecular formula is C63H94W. The Morgan fingerprint density at radius 1 is 0.203 bits per heavy atom. The van der Waals surface area contributed by atoms with Crippen LogP contribution < -0.4 is 0 Å². The third-order valence-corrected chi connectivity index (χ3v) is 10.9. The Balaban J connectivity index is -0.000000156. The molecule has 0 nitrogen and oxygen atoms in total. The molecule has 0 atom stereocenters. The number of benzene rings is 7. The minimum Gasteiger partial charge on any atom is -0.358 e. The van der Waals surface area contributed by atoms with Crippen LogP contribution in [0.5, 0.6) is 0 Å². The zero-order chi connectivity index (χ0) is 43.9. The van der Waals surface area contributed by atoms with E-state index >= 15 is 0 Å². The van der Waals surface area contributed by atoms with Gasteiger partial charge in [0, 0.05) is 0 Å². The Labute approximate surface area is 413 Å². The van der Waals surface area contributed by atoms with E-state index in [4.69, 9.17) is 0 Å². The van der Waals surface area contributed by atoms with E-state index in [0.29, 0.717) is 0 Å². The summed E-state index contributed by atoms with van der Waals surface area (Å²) >= 11 is 0. The van der Waals surface area contributed by atoms with Gasteiger partial charge in [-0.1, -0.05) is 170 Å². The van der Waals surface area contributed by atoms with Gasteiger partial charge in [-0.05, 0) is 211 Å². The Hall–Kier alpha value is -4.51. The summed E-state index contributed by atoms with van der Waals surface area (Å²) in [5, 5.41) is 2.72. The van der Waals surface area contributed by atoms with Crippen LogP contribution in [0.4, 0.5) is 0 Å². The molecule has 352 valence electrons. The number of rotatable bonds is 0. The molecule has 0 heterocycles. The molecule has 0 N–H and O–H groups in total. The van der Waals surface area contributed by atoms with Crippen molar-refractivity contribution >= 4 is 10.8 Å². The molecule has 1 heteroatoms. The maximum Gasteiger partial charge on any atom is 2.00 e. The normalized spacial score (nSPS) is 8.66. The zero-order valence-corrected chi connectivity index (χ0v) is 45.0. The minimum atomic E-state index is 0. The number of fused-ring (bicyclic) bond motifs is 1. The predicted molar refractivity (Wildman–Crippen MR) is 296 cm³/mol. The van der Waals surface area contributed by atoms with Crippen molar-refractivity contribution in [3.05, 3.63) is 237 Å². The molecule has 0 aliphatic heterocycles. The average molecular weight is 1040 g/mol. The largest absolute Gasteiger partial charge is 2.00 e. The van der Waals surface area contributed by atoms with E-state index in [1.807, 2.05) is 13.8 Å². The van der Waals surface area contributed by atoms with Crippen LogP contribution in [0.25, 0.3) is 10.8 Å². The fourth-order valence-corrected chi connectivity index (χ4v) is 5.56. The van der Waals surface area contributed by atoms with Crippen LogP contribution in [0.3, 0.4) is 0 Å². The summed E-state index contributed by atoms with van der Waals surface area (Å²) in [6, 6.07) is 47.0. The summed E-state index contributed by atoms with van der Waals surface area (Å²) in [7, 11) is 0. The van der Waals surface area contributed by atoms with Gasteiger partial charge in [0.1, 0.15) is 0 Å². The summed E-state index contributed by atoms with van der Waals surface area (Å²) in [5.41, 5.74) is 22.0. The van der Waals surface area contributed by atoms with Crippen molar-refractivity contribution in [3.63, 3.8) is 0 Å². The third-order valence-electron chi connectivity index (χ3n) is 10.9. The fourth-order valence-electron chi connectivity index (χ4n) is 5.56. The summed E-state index contributed by atoms with van der Waals surface area (Å²) in [6.07, 6.45) is 0. The number of hydrogen-bond donors (Lipinski definition) is 0. The molecule has 64 heavy (non-hydrogen) atoms. The Morgan fingerprint density at radius 3 is 0.422 bits per heavy atom. The van der Waals surface area contributed by atoms with Crippen molar-refractivity contribution in [3.8, 4) is 0 Å². The maximum absolute atomic E-state index is 2.27. The molecule has 0 amide bonds. The third kappa shape index (κ3) is 26.3. The molecule has 0 aliphatic carbocycles. The van der Waals surface area contributed by atoms with Gasteiger partial charge in [-0.15, -0.1) is 0 Å². The first-order valence-corrected chi connectivity index (χ1v) is 21.0. The first kappa shape index (κ1) is 71.1. The summed E-state index contributed by atoms with van der Waals surface area (Å²) in [5.74, 6) is 0. The summed E-state index contributed by atoms with van der Waals surface area (Å²) in [6.45, 7) is 38.3. The van der Waals surface area contributed by atoms with E-state index in [9.17, 15) is 0 Å². The van der Waals surface area contributed by atoms with Gasteiger partial charge in [0.25, 0.3) is 0 Å². The van der Waals surface area contributed by atoms with Gasteiger partial charge in [-0.25, -0.2) is 0 Å². The molecule has 0 saturated heterocycles. The molecular weight excluding hydrogens is 941 g/mol. The van der Waals surface area contributed by atoms with Crippen molar-refractivity contribution in [2.75, 3.05) is 0 Å². The monoisotopic (exact) mass is 1030 g/mol. The first-order chi connectivity index (χ1) is 27.4. The van der Waals surface area contributed by atoms with Crippen LogP contribution >= 0.6 is 0 Å². The van der Waals surface area contributed by atoms with Crippen LogP contribution in [0, 0.1) is 126 Å². The molecule has 0 unspecified atom stereocenters. The van der Waals surface area contributed by atoms with Gasteiger partial charge < -0.3 is 14.9 Å². The second-order valence-electron chi connectivity index (χ2n) is 15.6. The SMILES string of the molecule is C.C.C.CC.Cc1cc(C)c(C)cc1C.Cc1cc2cc(C)c(C)cc2cc1C.Cc1ccccc1C.Cc1ccccc1C.Cc1ccccc1C.Cc1ccccc1C.[CH3-].[CH3-].[W+2]. The minimum absolute atomic E-state index is 0. The number of hydrogen-bond acceptors (Lipinski definition) is 0. The topological polar surface area (TPSA) is 0 Å². The Kier molecular flexibility index (Phi) is 42.0. The Morgan fingerprint density at radius 2 is 0.312 bits per heavy atom. The molecule has 0 fully saturated rings. The van der Waals surface area contributed by atoms with E-state index in [-0.39, 0.29) is 58.2 Å². The van der Waals surface area contributed by atoms with Crippen molar-refractivity contribution in [1.29, 1.82) is 0 Å². The quantitative estimate of drug-likeness (QED) is 0.133. The molecule has 0 aliphatic rings. The van der Waals surface area contributed by atoms with E-state index in [2.05, 4.69) is 244 Å². The van der Waals surface area contributed by atoms with Crippen molar-refractivity contribution in [2.24, 2.45) is 0 Å². The fraction of sp³-hybridized carbons (Fsp3) is 0.333. The van der Waals surface area contributed by atoms with E-state index in [0.717, 1.165) is 0 Å². The maximum atomic E-state index is 2.27. The van der Waals surface area contributed by atoms with Gasteiger partial charge >= 0.3 is 21.1 Å². The standard InChI is InChI=1S/C14H16.C10H14.4C8H10.C2H6.3CH4.2CH3.W/c1-9-5-13-7-11(3)12(4)8-14(13)6-10(9)2;1-7-5-9(3)10(4)6-8(7)2;4*1-7-5-3-4-6-8(7)2;1-2;;;;;;/h5-8H,1-4H3;5-6H,1-4H3;4*3-6H,1-2H3;1-2H3;3*1H4;2*1H3;/q;;;;;;;;;;2*-1;+2. The van der Waals surface area contributed by atoms with Crippen molar-refractivity contribution in [1.82, 2.24) is 0 Å². The second-order valence-corrected chi connectivity index (χ2v) is 15.6. The van der Waals surface area contributed by atoms with Crippen molar-refractivity contribution in [2.45, 2.75) is 147 Å². The van der Waals surface area contributed by atoms with Gasteiger partial charge in [0.15, 0.2) is 0 Å². The van der Waals surface area contributed by atoms with Gasteiger partial charge in [-0.3, -0.25) is 0 Å². The second kappa shape index (κ2) is 37.8. The van der Waals surface area contributed by atoms with Crippen LogP contribution in [0.2, 0.25) is 0 Å². The van der Waals surface area contributed by atoms with Gasteiger partial charge in [0.2, 0.25) is 0 Å². The van der Waals surface area contributed by atoms with Crippen LogP contribution in [0.1, 0.15) is 125 Å². The smallest absolute Gasteiger partial charge is 0.358 e. The van der Waals surface area contributed by atoms with Gasteiger partial charge in [0.05, 0.1) is 0 Å². The average Bonchev–Trinajstić information content (AvgIpc) is 3.19. The molecule has 0 bridgehead atoms. The molecule has 0 spiro atoms.